The molecule has 0 spiro atoms. The smallest absolute Gasteiger partial charge is 0.162 e. The highest BCUT2D eigenvalue weighted by Crippen LogP contribution is 2.34. The van der Waals surface area contributed by atoms with Gasteiger partial charge < -0.3 is 14.8 Å². The Kier molecular flexibility index (Phi) is 8.72. The molecule has 0 saturated carbocycles. The van der Waals surface area contributed by atoms with E-state index in [-0.39, 0.29) is 0 Å². The number of rotatable bonds is 9. The first-order valence-corrected chi connectivity index (χ1v) is 11.3. The van der Waals surface area contributed by atoms with Crippen LogP contribution >= 0.6 is 50.7 Å². The van der Waals surface area contributed by atoms with Crippen LogP contribution in [-0.4, -0.2) is 13.7 Å². The molecule has 0 amide bonds. The van der Waals surface area contributed by atoms with E-state index in [0.717, 1.165) is 34.1 Å². The summed E-state index contributed by atoms with van der Waals surface area (Å²) in [6.45, 7) is 1.86. The van der Waals surface area contributed by atoms with Gasteiger partial charge in [-0.25, -0.2) is 0 Å². The summed E-state index contributed by atoms with van der Waals surface area (Å²) in [7, 11) is 1.63. The molecule has 0 aromatic heterocycles. The van der Waals surface area contributed by atoms with Gasteiger partial charge in [-0.05, 0) is 66.1 Å². The fourth-order valence-electron chi connectivity index (χ4n) is 2.94. The van der Waals surface area contributed by atoms with Crippen LogP contribution < -0.4 is 14.8 Å². The molecule has 0 radical (unpaired) electrons. The number of ether oxygens (including phenoxy) is 2. The lowest BCUT2D eigenvalue weighted by atomic mass is 10.1. The van der Waals surface area contributed by atoms with Crippen molar-refractivity contribution in [1.82, 2.24) is 5.32 Å². The predicted octanol–water partition coefficient (Wildman–Crippen LogP) is 7.33. The lowest BCUT2D eigenvalue weighted by Gasteiger charge is -2.15. The molecule has 0 aliphatic rings. The Bertz CT molecular complexity index is 1010. The van der Waals surface area contributed by atoms with Crippen LogP contribution in [-0.2, 0) is 19.6 Å². The third kappa shape index (κ3) is 6.53. The third-order valence-electron chi connectivity index (χ3n) is 4.52. The number of hydrogen-bond donors (Lipinski definition) is 1. The molecule has 158 valence electrons. The van der Waals surface area contributed by atoms with E-state index in [1.807, 2.05) is 48.5 Å². The second-order valence-electron chi connectivity index (χ2n) is 6.68. The second kappa shape index (κ2) is 11.3. The maximum Gasteiger partial charge on any atom is 0.162 e. The molecule has 0 aliphatic heterocycles. The van der Waals surface area contributed by atoms with Crippen molar-refractivity contribution in [2.24, 2.45) is 0 Å². The molecule has 0 saturated heterocycles. The lowest BCUT2D eigenvalue weighted by molar-refractivity contribution is 0.284. The summed E-state index contributed by atoms with van der Waals surface area (Å²) in [5.41, 5.74) is 3.13. The number of nitrogens with one attached hydrogen (secondary N) is 1. The average Bonchev–Trinajstić information content (AvgIpc) is 2.72. The van der Waals surface area contributed by atoms with Gasteiger partial charge in [-0.15, -0.1) is 0 Å². The van der Waals surface area contributed by atoms with Crippen molar-refractivity contribution >= 4 is 50.7 Å². The second-order valence-corrected chi connectivity index (χ2v) is 8.81. The first-order valence-electron chi connectivity index (χ1n) is 9.34. The van der Waals surface area contributed by atoms with Crippen molar-refractivity contribution < 1.29 is 9.47 Å². The minimum atomic E-state index is 0.406. The maximum absolute atomic E-state index is 6.23. The number of benzene rings is 3. The summed E-state index contributed by atoms with van der Waals surface area (Å²) in [5.74, 6) is 1.35. The Morgan fingerprint density at radius 3 is 2.43 bits per heavy atom. The molecule has 0 fully saturated rings. The van der Waals surface area contributed by atoms with Gasteiger partial charge >= 0.3 is 0 Å². The highest BCUT2D eigenvalue weighted by atomic mass is 79.9. The summed E-state index contributed by atoms with van der Waals surface area (Å²) >= 11 is 21.9. The molecule has 0 unspecified atom stereocenters. The highest BCUT2D eigenvalue weighted by molar-refractivity contribution is 9.10. The van der Waals surface area contributed by atoms with Gasteiger partial charge in [0.05, 0.1) is 7.11 Å². The van der Waals surface area contributed by atoms with Crippen molar-refractivity contribution in [3.63, 3.8) is 0 Å². The fourth-order valence-corrected chi connectivity index (χ4v) is 4.12. The standard InChI is InChI=1S/C23H21BrCl3NO2/c1-29-22-10-17(13-28-8-7-16-5-6-19(26)11-21(16)27)20(24)12-23(22)30-14-15-3-2-4-18(25)9-15/h2-6,9-12,28H,7-8,13-14H2,1H3. The molecule has 3 aromatic rings. The highest BCUT2D eigenvalue weighted by Gasteiger charge is 2.11. The van der Waals surface area contributed by atoms with Crippen LogP contribution in [0, 0.1) is 0 Å². The molecular formula is C23H21BrCl3NO2. The van der Waals surface area contributed by atoms with E-state index in [0.29, 0.717) is 39.7 Å². The summed E-state index contributed by atoms with van der Waals surface area (Å²) in [4.78, 5) is 0. The molecule has 3 aromatic carbocycles. The molecule has 30 heavy (non-hydrogen) atoms. The van der Waals surface area contributed by atoms with Crippen molar-refractivity contribution in [2.45, 2.75) is 19.6 Å². The van der Waals surface area contributed by atoms with Crippen LogP contribution in [0.3, 0.4) is 0 Å². The van der Waals surface area contributed by atoms with Crippen LogP contribution in [0.2, 0.25) is 15.1 Å². The molecule has 0 aliphatic carbocycles. The van der Waals surface area contributed by atoms with Crippen molar-refractivity contribution in [2.75, 3.05) is 13.7 Å². The van der Waals surface area contributed by atoms with Crippen LogP contribution in [0.5, 0.6) is 11.5 Å². The van der Waals surface area contributed by atoms with Crippen molar-refractivity contribution in [3.05, 3.63) is 90.8 Å². The Morgan fingerprint density at radius 1 is 0.900 bits per heavy atom. The van der Waals surface area contributed by atoms with Crippen LogP contribution in [0.1, 0.15) is 16.7 Å². The molecule has 3 rings (SSSR count). The molecule has 1 N–H and O–H groups in total. The predicted molar refractivity (Wildman–Crippen MR) is 128 cm³/mol. The van der Waals surface area contributed by atoms with Crippen LogP contribution in [0.15, 0.2) is 59.1 Å². The SMILES string of the molecule is COc1cc(CNCCc2ccc(Cl)cc2Cl)c(Br)cc1OCc1cccc(Cl)c1. The summed E-state index contributed by atoms with van der Waals surface area (Å²) in [5, 5.41) is 5.45. The minimum Gasteiger partial charge on any atom is -0.493 e. The van der Waals surface area contributed by atoms with E-state index >= 15 is 0 Å². The maximum atomic E-state index is 6.23. The summed E-state index contributed by atoms with van der Waals surface area (Å²) in [6, 6.07) is 17.1. The monoisotopic (exact) mass is 527 g/mol. The van der Waals surface area contributed by atoms with Gasteiger partial charge in [0.1, 0.15) is 6.61 Å². The Labute approximate surface area is 200 Å². The quantitative estimate of drug-likeness (QED) is 0.295. The molecule has 0 atom stereocenters. The summed E-state index contributed by atoms with van der Waals surface area (Å²) in [6.07, 6.45) is 0.811. The van der Waals surface area contributed by atoms with Gasteiger partial charge in [0.2, 0.25) is 0 Å². The zero-order chi connectivity index (χ0) is 21.5. The molecule has 0 heterocycles. The largest absolute Gasteiger partial charge is 0.493 e. The number of halogens is 4. The number of hydrogen-bond acceptors (Lipinski definition) is 3. The van der Waals surface area contributed by atoms with Gasteiger partial charge in [-0.3, -0.25) is 0 Å². The van der Waals surface area contributed by atoms with E-state index in [9.17, 15) is 0 Å². The molecule has 7 heteroatoms. The van der Waals surface area contributed by atoms with Gasteiger partial charge in [-0.1, -0.05) is 68.9 Å². The average molecular weight is 530 g/mol. The normalized spacial score (nSPS) is 10.8. The van der Waals surface area contributed by atoms with E-state index in [2.05, 4.69) is 21.2 Å². The number of methoxy groups -OCH3 is 1. The zero-order valence-electron chi connectivity index (χ0n) is 16.4. The fraction of sp³-hybridized carbons (Fsp3) is 0.217. The lowest BCUT2D eigenvalue weighted by Crippen LogP contribution is -2.17. The van der Waals surface area contributed by atoms with Crippen LogP contribution in [0.4, 0.5) is 0 Å². The van der Waals surface area contributed by atoms with Crippen molar-refractivity contribution in [3.8, 4) is 11.5 Å². The van der Waals surface area contributed by atoms with E-state index in [4.69, 9.17) is 44.3 Å². The van der Waals surface area contributed by atoms with E-state index in [1.54, 1.807) is 13.2 Å². The minimum absolute atomic E-state index is 0.406. The molecule has 3 nitrogen and oxygen atoms in total. The van der Waals surface area contributed by atoms with E-state index in [1.165, 1.54) is 0 Å². The van der Waals surface area contributed by atoms with Gasteiger partial charge in [0.15, 0.2) is 11.5 Å². The Balaban J connectivity index is 1.59. The first kappa shape index (κ1) is 23.2. The summed E-state index contributed by atoms with van der Waals surface area (Å²) < 4.78 is 12.4. The topological polar surface area (TPSA) is 30.5 Å². The first-order chi connectivity index (χ1) is 14.5. The molecule has 0 bridgehead atoms. The van der Waals surface area contributed by atoms with Crippen LogP contribution in [0.25, 0.3) is 0 Å². The Hall–Kier alpha value is -1.43. The van der Waals surface area contributed by atoms with Gasteiger partial charge in [-0.2, -0.15) is 0 Å². The van der Waals surface area contributed by atoms with Gasteiger partial charge in [0, 0.05) is 26.1 Å². The van der Waals surface area contributed by atoms with E-state index < -0.39 is 0 Å². The Morgan fingerprint density at radius 2 is 1.70 bits per heavy atom. The van der Waals surface area contributed by atoms with Crippen molar-refractivity contribution in [1.29, 1.82) is 0 Å². The van der Waals surface area contributed by atoms with Gasteiger partial charge in [0.25, 0.3) is 0 Å². The molecular weight excluding hydrogens is 509 g/mol. The third-order valence-corrected chi connectivity index (χ3v) is 6.08. The zero-order valence-corrected chi connectivity index (χ0v) is 20.2.